The molecule has 0 unspecified atom stereocenters. The van der Waals surface area contributed by atoms with Crippen molar-refractivity contribution in [3.8, 4) is 5.75 Å². The summed E-state index contributed by atoms with van der Waals surface area (Å²) < 4.78 is 28.7. The number of esters is 1. The molecule has 2 rings (SSSR count). The first-order valence-electron chi connectivity index (χ1n) is 6.90. The summed E-state index contributed by atoms with van der Waals surface area (Å²) in [5.41, 5.74) is 2.69. The molecule has 0 bridgehead atoms. The van der Waals surface area contributed by atoms with E-state index in [0.717, 1.165) is 22.9 Å². The number of hydrogen-bond donors (Lipinski definition) is 0. The van der Waals surface area contributed by atoms with Gasteiger partial charge in [0.05, 0.1) is 15.5 Å². The second-order valence-electron chi connectivity index (χ2n) is 5.46. The topological polar surface area (TPSA) is 60.4 Å². The van der Waals surface area contributed by atoms with Crippen LogP contribution in [-0.4, -0.2) is 20.6 Å². The molecule has 0 radical (unpaired) electrons. The van der Waals surface area contributed by atoms with Gasteiger partial charge in [-0.2, -0.15) is 0 Å². The zero-order valence-electron chi connectivity index (χ0n) is 13.3. The molecular formula is C17H17ClO4S. The van der Waals surface area contributed by atoms with E-state index in [0.29, 0.717) is 5.75 Å². The van der Waals surface area contributed by atoms with E-state index in [1.54, 1.807) is 0 Å². The number of carbonyl (C=O) groups is 1. The molecule has 0 saturated carbocycles. The number of aryl methyl sites for hydroxylation is 2. The van der Waals surface area contributed by atoms with Crippen molar-refractivity contribution in [3.05, 3.63) is 57.6 Å². The van der Waals surface area contributed by atoms with E-state index in [1.165, 1.54) is 18.2 Å². The van der Waals surface area contributed by atoms with Crippen molar-refractivity contribution in [3.63, 3.8) is 0 Å². The Balaban J connectivity index is 2.45. The molecule has 122 valence electrons. The van der Waals surface area contributed by atoms with Crippen molar-refractivity contribution >= 4 is 27.4 Å². The molecule has 0 aromatic heterocycles. The lowest BCUT2D eigenvalue weighted by molar-refractivity contribution is 0.0732. The van der Waals surface area contributed by atoms with Crippen molar-refractivity contribution in [2.75, 3.05) is 6.26 Å². The summed E-state index contributed by atoms with van der Waals surface area (Å²) >= 11 is 6.02. The molecule has 0 N–H and O–H groups in total. The SMILES string of the molecule is Cc1ccc(C)c(OC(=O)c2cc(S(C)(=O)=O)ccc2Cl)c1C. The van der Waals surface area contributed by atoms with Crippen LogP contribution in [0.4, 0.5) is 0 Å². The predicted molar refractivity (Wildman–Crippen MR) is 90.2 cm³/mol. The minimum absolute atomic E-state index is 0.0199. The summed E-state index contributed by atoms with van der Waals surface area (Å²) in [6.07, 6.45) is 1.07. The minimum Gasteiger partial charge on any atom is -0.422 e. The highest BCUT2D eigenvalue weighted by Gasteiger charge is 2.19. The molecule has 23 heavy (non-hydrogen) atoms. The average molecular weight is 353 g/mol. The summed E-state index contributed by atoms with van der Waals surface area (Å²) in [6, 6.07) is 7.78. The maximum absolute atomic E-state index is 12.4. The largest absolute Gasteiger partial charge is 0.422 e. The van der Waals surface area contributed by atoms with Crippen molar-refractivity contribution in [1.29, 1.82) is 0 Å². The molecule has 0 fully saturated rings. The van der Waals surface area contributed by atoms with Gasteiger partial charge >= 0.3 is 5.97 Å². The number of sulfone groups is 1. The number of benzene rings is 2. The van der Waals surface area contributed by atoms with Crippen LogP contribution >= 0.6 is 11.6 Å². The first-order valence-corrected chi connectivity index (χ1v) is 9.17. The van der Waals surface area contributed by atoms with Crippen LogP contribution in [-0.2, 0) is 9.84 Å². The van der Waals surface area contributed by atoms with E-state index in [-0.39, 0.29) is 15.5 Å². The Morgan fingerprint density at radius 3 is 2.26 bits per heavy atom. The highest BCUT2D eigenvalue weighted by molar-refractivity contribution is 7.90. The highest BCUT2D eigenvalue weighted by Crippen LogP contribution is 2.28. The van der Waals surface area contributed by atoms with Crippen LogP contribution in [0, 0.1) is 20.8 Å². The van der Waals surface area contributed by atoms with Gasteiger partial charge in [0.2, 0.25) is 0 Å². The summed E-state index contributed by atoms with van der Waals surface area (Å²) in [5.74, 6) is -0.215. The van der Waals surface area contributed by atoms with Gasteiger partial charge in [-0.05, 0) is 55.7 Å². The quantitative estimate of drug-likeness (QED) is 0.621. The minimum atomic E-state index is -3.44. The Labute approximate surface area is 141 Å². The van der Waals surface area contributed by atoms with Crippen molar-refractivity contribution in [2.45, 2.75) is 25.7 Å². The van der Waals surface area contributed by atoms with Crippen LogP contribution in [0.2, 0.25) is 5.02 Å². The summed E-state index contributed by atoms with van der Waals surface area (Å²) in [7, 11) is -3.44. The van der Waals surface area contributed by atoms with Gasteiger partial charge < -0.3 is 4.74 Å². The van der Waals surface area contributed by atoms with Crippen molar-refractivity contribution < 1.29 is 17.9 Å². The molecule has 0 amide bonds. The first-order chi connectivity index (χ1) is 10.6. The molecule has 0 atom stereocenters. The van der Waals surface area contributed by atoms with E-state index in [9.17, 15) is 13.2 Å². The Bertz CT molecular complexity index is 886. The van der Waals surface area contributed by atoms with Gasteiger partial charge in [0.15, 0.2) is 9.84 Å². The van der Waals surface area contributed by atoms with E-state index in [4.69, 9.17) is 16.3 Å². The Morgan fingerprint density at radius 2 is 1.65 bits per heavy atom. The monoisotopic (exact) mass is 352 g/mol. The van der Waals surface area contributed by atoms with E-state index in [1.807, 2.05) is 32.9 Å². The Hall–Kier alpha value is -1.85. The van der Waals surface area contributed by atoms with E-state index in [2.05, 4.69) is 0 Å². The fourth-order valence-corrected chi connectivity index (χ4v) is 2.96. The zero-order chi connectivity index (χ0) is 17.4. The van der Waals surface area contributed by atoms with E-state index >= 15 is 0 Å². The summed E-state index contributed by atoms with van der Waals surface area (Å²) in [4.78, 5) is 12.4. The van der Waals surface area contributed by atoms with Crippen LogP contribution in [0.5, 0.6) is 5.75 Å². The van der Waals surface area contributed by atoms with Crippen LogP contribution in [0.25, 0.3) is 0 Å². The zero-order valence-corrected chi connectivity index (χ0v) is 14.9. The molecule has 0 heterocycles. The van der Waals surface area contributed by atoms with Gasteiger partial charge in [0.1, 0.15) is 5.75 Å². The lowest BCUT2D eigenvalue weighted by Crippen LogP contribution is -2.12. The molecule has 0 aliphatic heterocycles. The second-order valence-corrected chi connectivity index (χ2v) is 7.88. The highest BCUT2D eigenvalue weighted by atomic mass is 35.5. The molecule has 2 aromatic carbocycles. The Morgan fingerprint density at radius 1 is 1.04 bits per heavy atom. The number of carbonyl (C=O) groups excluding carboxylic acids is 1. The molecular weight excluding hydrogens is 336 g/mol. The van der Waals surface area contributed by atoms with Crippen LogP contribution in [0.3, 0.4) is 0 Å². The molecule has 0 saturated heterocycles. The summed E-state index contributed by atoms with van der Waals surface area (Å²) in [6.45, 7) is 5.62. The Kier molecular flexibility index (Phi) is 4.82. The third-order valence-electron chi connectivity index (χ3n) is 3.65. The molecule has 0 aliphatic carbocycles. The van der Waals surface area contributed by atoms with Gasteiger partial charge in [-0.3, -0.25) is 0 Å². The molecule has 0 spiro atoms. The second kappa shape index (κ2) is 6.34. The standard InChI is InChI=1S/C17H17ClO4S/c1-10-5-6-11(2)16(12(10)3)22-17(19)14-9-13(23(4,20)21)7-8-15(14)18/h5-9H,1-4H3. The van der Waals surface area contributed by atoms with Crippen molar-refractivity contribution in [2.24, 2.45) is 0 Å². The van der Waals surface area contributed by atoms with Gasteiger partial charge in [-0.25, -0.2) is 13.2 Å². The normalized spacial score (nSPS) is 11.3. The number of ether oxygens (including phenoxy) is 1. The van der Waals surface area contributed by atoms with Gasteiger partial charge in [-0.1, -0.05) is 23.7 Å². The predicted octanol–water partition coefficient (Wildman–Crippen LogP) is 3.89. The third kappa shape index (κ3) is 3.74. The number of hydrogen-bond acceptors (Lipinski definition) is 4. The third-order valence-corrected chi connectivity index (χ3v) is 5.09. The van der Waals surface area contributed by atoms with E-state index < -0.39 is 15.8 Å². The number of rotatable bonds is 3. The van der Waals surface area contributed by atoms with Gasteiger partial charge in [0.25, 0.3) is 0 Å². The molecule has 2 aromatic rings. The first kappa shape index (κ1) is 17.5. The molecule has 0 aliphatic rings. The van der Waals surface area contributed by atoms with Crippen molar-refractivity contribution in [1.82, 2.24) is 0 Å². The van der Waals surface area contributed by atoms with Gasteiger partial charge in [-0.15, -0.1) is 0 Å². The smallest absolute Gasteiger partial charge is 0.345 e. The maximum atomic E-state index is 12.4. The maximum Gasteiger partial charge on any atom is 0.345 e. The fourth-order valence-electron chi connectivity index (χ4n) is 2.12. The van der Waals surface area contributed by atoms with Crippen LogP contribution < -0.4 is 4.74 Å². The average Bonchev–Trinajstić information content (AvgIpc) is 2.46. The van der Waals surface area contributed by atoms with Crippen LogP contribution in [0.15, 0.2) is 35.2 Å². The molecule has 4 nitrogen and oxygen atoms in total. The number of halogens is 1. The van der Waals surface area contributed by atoms with Crippen LogP contribution in [0.1, 0.15) is 27.0 Å². The fraction of sp³-hybridized carbons (Fsp3) is 0.235. The summed E-state index contributed by atoms with van der Waals surface area (Å²) in [5, 5.41) is 0.144. The lowest BCUT2D eigenvalue weighted by atomic mass is 10.1. The lowest BCUT2D eigenvalue weighted by Gasteiger charge is -2.13. The van der Waals surface area contributed by atoms with Gasteiger partial charge in [0, 0.05) is 6.26 Å². The molecule has 6 heteroatoms.